The van der Waals surface area contributed by atoms with Crippen molar-refractivity contribution >= 4 is 188 Å². The van der Waals surface area contributed by atoms with Crippen molar-refractivity contribution in [1.82, 2.24) is 0 Å². The van der Waals surface area contributed by atoms with Crippen LogP contribution in [0, 0.1) is 0 Å². The van der Waals surface area contributed by atoms with Crippen LogP contribution in [-0.4, -0.2) is 16.1 Å². The second-order valence-corrected chi connectivity index (χ2v) is 30.3. The van der Waals surface area contributed by atoms with Crippen molar-refractivity contribution < 1.29 is 17.7 Å². The fourth-order valence-corrected chi connectivity index (χ4v) is 24.8. The average molecular weight is 1060 g/mol. The highest BCUT2D eigenvalue weighted by atomic mass is 32.1. The van der Waals surface area contributed by atoms with Crippen LogP contribution in [0.15, 0.2) is 245 Å². The van der Waals surface area contributed by atoms with Gasteiger partial charge < -0.3 is 17.7 Å². The summed E-state index contributed by atoms with van der Waals surface area (Å²) in [5.74, 6) is 0. The first-order valence-electron chi connectivity index (χ1n) is 24.5. The summed E-state index contributed by atoms with van der Waals surface area (Å²) >= 11 is 6.60. The van der Waals surface area contributed by atoms with E-state index in [9.17, 15) is 0 Å². The van der Waals surface area contributed by atoms with Gasteiger partial charge in [0.1, 0.15) is 22.3 Å². The van der Waals surface area contributed by atoms with Crippen LogP contribution >= 0.6 is 45.3 Å². The Morgan fingerprint density at radius 1 is 0.230 bits per heavy atom. The number of hydrogen-bond acceptors (Lipinski definition) is 8. The Balaban J connectivity index is 0.921. The van der Waals surface area contributed by atoms with Crippen molar-refractivity contribution in [2.45, 2.75) is 0 Å². The summed E-state index contributed by atoms with van der Waals surface area (Å²) in [4.78, 5) is 3.82. The van der Waals surface area contributed by atoms with Crippen molar-refractivity contribution in [1.29, 1.82) is 0 Å². The van der Waals surface area contributed by atoms with Crippen LogP contribution < -0.4 is 41.5 Å². The molecule has 0 saturated heterocycles. The Kier molecular flexibility index (Phi) is 9.43. The van der Waals surface area contributed by atoms with Crippen LogP contribution in [0.5, 0.6) is 0 Å². The molecule has 0 atom stereocenters. The third-order valence-electron chi connectivity index (χ3n) is 15.5. The highest BCUT2D eigenvalue weighted by molar-refractivity contribution is 7.21. The topological polar surface area (TPSA) is 52.6 Å². The molecular formula is C64H38O4S4Si2. The van der Waals surface area contributed by atoms with Gasteiger partial charge in [0.05, 0.1) is 0 Å². The first-order valence-corrected chi connectivity index (χ1v) is 32.1. The molecule has 16 rings (SSSR count). The molecule has 16 aromatic rings. The van der Waals surface area contributed by atoms with Gasteiger partial charge in [-0.05, 0) is 123 Å². The predicted octanol–water partition coefficient (Wildman–Crippen LogP) is 14.0. The number of benzene rings is 8. The lowest BCUT2D eigenvalue weighted by Gasteiger charge is -2.35. The Hall–Kier alpha value is -7.81. The van der Waals surface area contributed by atoms with Gasteiger partial charge in [0, 0.05) is 43.1 Å². The lowest BCUT2D eigenvalue weighted by Crippen LogP contribution is -2.74. The molecule has 350 valence electrons. The standard InChI is InChI=1S/C64H38O4S4Si2/c1-3-9-41(10-4-1)73(45-18-22-57-53(35-45)49-26-30-69-61(49)65-57,46-19-23-58-54(36-46)50-27-31-70-62(50)66-58)43-16-14-39(15-17-43)40-8-7-13-44(34-40)74(42-11-5-2-6-12-42,47-20-24-59-55(37-47)51-28-32-71-63(51)67-59)48-21-25-60-56(38-48)52-29-33-72-64(52)68-60/h1-38H. The minimum Gasteiger partial charge on any atom is -0.445 e. The Labute approximate surface area is 441 Å². The van der Waals surface area contributed by atoms with E-state index in [0.29, 0.717) is 0 Å². The van der Waals surface area contributed by atoms with Crippen LogP contribution in [0.25, 0.3) is 96.1 Å². The first-order chi connectivity index (χ1) is 36.6. The fraction of sp³-hybridized carbons (Fsp3) is 0. The Morgan fingerprint density at radius 3 is 0.919 bits per heavy atom. The van der Waals surface area contributed by atoms with Gasteiger partial charge in [-0.15, -0.1) is 45.3 Å². The van der Waals surface area contributed by atoms with E-state index in [-0.39, 0.29) is 0 Å². The predicted molar refractivity (Wildman–Crippen MR) is 320 cm³/mol. The summed E-state index contributed by atoms with van der Waals surface area (Å²) in [6, 6.07) is 78.0. The highest BCUT2D eigenvalue weighted by Crippen LogP contribution is 2.37. The summed E-state index contributed by atoms with van der Waals surface area (Å²) in [5.41, 5.74) is 5.98. The van der Waals surface area contributed by atoms with Crippen molar-refractivity contribution in [3.63, 3.8) is 0 Å². The maximum absolute atomic E-state index is 6.43. The molecule has 0 spiro atoms. The molecule has 0 N–H and O–H groups in total. The van der Waals surface area contributed by atoms with Crippen LogP contribution in [0.3, 0.4) is 0 Å². The third kappa shape index (κ3) is 6.15. The molecule has 0 aliphatic rings. The molecule has 0 aliphatic heterocycles. The molecule has 10 heteroatoms. The van der Waals surface area contributed by atoms with E-state index in [1.807, 2.05) is 0 Å². The van der Waals surface area contributed by atoms with Crippen LogP contribution in [0.2, 0.25) is 0 Å². The second-order valence-electron chi connectivity index (χ2n) is 19.1. The molecule has 0 bridgehead atoms. The maximum atomic E-state index is 6.43. The maximum Gasteiger partial charge on any atom is 0.188 e. The van der Waals surface area contributed by atoms with Gasteiger partial charge in [-0.2, -0.15) is 0 Å². The number of thiophene rings is 4. The smallest absolute Gasteiger partial charge is 0.188 e. The van der Waals surface area contributed by atoms with Crippen molar-refractivity contribution in [2.75, 3.05) is 0 Å². The molecule has 0 saturated carbocycles. The van der Waals surface area contributed by atoms with Gasteiger partial charge in [0.15, 0.2) is 35.7 Å². The highest BCUT2D eigenvalue weighted by Gasteiger charge is 2.44. The van der Waals surface area contributed by atoms with Crippen LogP contribution in [-0.2, 0) is 0 Å². The molecule has 0 aliphatic carbocycles. The molecule has 8 aromatic carbocycles. The van der Waals surface area contributed by atoms with Gasteiger partial charge in [-0.3, -0.25) is 0 Å². The molecule has 8 heterocycles. The molecular weight excluding hydrogens is 1020 g/mol. The van der Waals surface area contributed by atoms with Gasteiger partial charge in [0.2, 0.25) is 0 Å². The van der Waals surface area contributed by atoms with E-state index in [2.05, 4.69) is 228 Å². The van der Waals surface area contributed by atoms with Crippen molar-refractivity contribution in [2.24, 2.45) is 0 Å². The molecule has 0 fully saturated rings. The zero-order chi connectivity index (χ0) is 48.5. The third-order valence-corrected chi connectivity index (χ3v) is 28.1. The van der Waals surface area contributed by atoms with E-state index < -0.39 is 16.1 Å². The summed E-state index contributed by atoms with van der Waals surface area (Å²) in [7, 11) is -6.16. The van der Waals surface area contributed by atoms with Gasteiger partial charge in [-0.25, -0.2) is 0 Å². The number of fused-ring (bicyclic) bond motifs is 12. The fourth-order valence-electron chi connectivity index (χ4n) is 12.2. The van der Waals surface area contributed by atoms with Gasteiger partial charge in [-0.1, -0.05) is 158 Å². The minimum absolute atomic E-state index is 0.912. The normalized spacial score (nSPS) is 12.6. The number of rotatable bonds is 9. The lowest BCUT2D eigenvalue weighted by atomic mass is 10.1. The van der Waals surface area contributed by atoms with Crippen LogP contribution in [0.1, 0.15) is 0 Å². The van der Waals surface area contributed by atoms with Crippen LogP contribution in [0.4, 0.5) is 0 Å². The first kappa shape index (κ1) is 42.7. The van der Waals surface area contributed by atoms with E-state index >= 15 is 0 Å². The van der Waals surface area contributed by atoms with E-state index in [4.69, 9.17) is 17.7 Å². The van der Waals surface area contributed by atoms with E-state index in [1.54, 1.807) is 45.3 Å². The van der Waals surface area contributed by atoms with Crippen molar-refractivity contribution in [3.8, 4) is 11.1 Å². The molecule has 4 nitrogen and oxygen atoms in total. The summed E-state index contributed by atoms with van der Waals surface area (Å²) in [6.45, 7) is 0. The summed E-state index contributed by atoms with van der Waals surface area (Å²) in [6.07, 6.45) is 0. The lowest BCUT2D eigenvalue weighted by molar-refractivity contribution is 0.677. The zero-order valence-electron chi connectivity index (χ0n) is 39.2. The Morgan fingerprint density at radius 2 is 0.541 bits per heavy atom. The Bertz CT molecular complexity index is 4600. The largest absolute Gasteiger partial charge is 0.445 e. The number of furan rings is 4. The number of hydrogen-bond donors (Lipinski definition) is 0. The average Bonchev–Trinajstić information content (AvgIpc) is 4.34. The quantitative estimate of drug-likeness (QED) is 0.107. The van der Waals surface area contributed by atoms with Gasteiger partial charge >= 0.3 is 0 Å². The molecule has 0 unspecified atom stereocenters. The molecule has 0 amide bonds. The second kappa shape index (κ2) is 16.3. The SMILES string of the molecule is c1ccc([Si](c2ccc(-c3cccc([Si](c4ccccc4)(c4ccc5oc6sccc6c5c4)c4ccc5oc6sccc6c5c4)c3)cc2)(c2ccc3oc4sccc4c3c2)c2ccc3oc4sccc4c3c2)cc1. The zero-order valence-corrected chi connectivity index (χ0v) is 44.5. The van der Waals surface area contributed by atoms with E-state index in [1.165, 1.54) is 47.1 Å². The minimum atomic E-state index is -3.10. The molecule has 74 heavy (non-hydrogen) atoms. The van der Waals surface area contributed by atoms with E-state index in [0.717, 1.165) is 90.6 Å². The monoisotopic (exact) mass is 1050 g/mol. The molecule has 8 aromatic heterocycles. The van der Waals surface area contributed by atoms with Crippen molar-refractivity contribution in [3.05, 3.63) is 228 Å². The summed E-state index contributed by atoms with van der Waals surface area (Å²) in [5, 5.41) is 28.1. The molecule has 0 radical (unpaired) electrons. The van der Waals surface area contributed by atoms with Gasteiger partial charge in [0.25, 0.3) is 0 Å². The summed E-state index contributed by atoms with van der Waals surface area (Å²) < 4.78 is 25.7.